The Balaban J connectivity index is 2.32. The first-order valence-corrected chi connectivity index (χ1v) is 7.29. The number of non-ortho nitro benzene ring substituents is 1. The molecule has 112 valence electrons. The van der Waals surface area contributed by atoms with Gasteiger partial charge in [0.2, 0.25) is 5.91 Å². The standard InChI is InChI=1S/C13H14N2O5S/c1-13(5-2-6-21-13)12(18)14-10-7-8(15(19)20)3-4-9(10)11(16)17/h3-4,7H,2,5-6H2,1H3,(H,14,18)(H,16,17). The molecule has 2 N–H and O–H groups in total. The monoisotopic (exact) mass is 310 g/mol. The molecule has 7 nitrogen and oxygen atoms in total. The van der Waals surface area contributed by atoms with E-state index in [1.807, 2.05) is 0 Å². The van der Waals surface area contributed by atoms with E-state index in [2.05, 4.69) is 5.32 Å². The fraction of sp³-hybridized carbons (Fsp3) is 0.385. The number of amides is 1. The number of hydrogen-bond acceptors (Lipinski definition) is 5. The number of thioether (sulfide) groups is 1. The predicted molar refractivity (Wildman–Crippen MR) is 78.8 cm³/mol. The largest absolute Gasteiger partial charge is 0.478 e. The molecule has 1 amide bonds. The summed E-state index contributed by atoms with van der Waals surface area (Å²) in [7, 11) is 0. The Labute approximate surface area is 124 Å². The van der Waals surface area contributed by atoms with Crippen LogP contribution in [-0.4, -0.2) is 32.4 Å². The molecule has 1 heterocycles. The first-order valence-electron chi connectivity index (χ1n) is 6.30. The molecule has 2 rings (SSSR count). The van der Waals surface area contributed by atoms with E-state index in [-0.39, 0.29) is 22.8 Å². The maximum Gasteiger partial charge on any atom is 0.337 e. The molecule has 0 spiro atoms. The number of aromatic carboxylic acids is 1. The van der Waals surface area contributed by atoms with Crippen molar-refractivity contribution in [2.24, 2.45) is 0 Å². The van der Waals surface area contributed by atoms with Gasteiger partial charge in [-0.25, -0.2) is 4.79 Å². The second-order valence-corrected chi connectivity index (χ2v) is 6.53. The van der Waals surface area contributed by atoms with Gasteiger partial charge >= 0.3 is 5.97 Å². The molecule has 0 radical (unpaired) electrons. The number of nitrogens with one attached hydrogen (secondary N) is 1. The lowest BCUT2D eigenvalue weighted by molar-refractivity contribution is -0.384. The summed E-state index contributed by atoms with van der Waals surface area (Å²) in [6, 6.07) is 3.30. The first kappa shape index (κ1) is 15.3. The van der Waals surface area contributed by atoms with Crippen LogP contribution in [0.4, 0.5) is 11.4 Å². The van der Waals surface area contributed by atoms with Crippen molar-refractivity contribution in [3.8, 4) is 0 Å². The van der Waals surface area contributed by atoms with Crippen molar-refractivity contribution >= 4 is 35.0 Å². The van der Waals surface area contributed by atoms with Gasteiger partial charge in [0.15, 0.2) is 0 Å². The van der Waals surface area contributed by atoms with Crippen LogP contribution in [0.5, 0.6) is 0 Å². The Morgan fingerprint density at radius 1 is 1.48 bits per heavy atom. The summed E-state index contributed by atoms with van der Waals surface area (Å²) in [4.78, 5) is 33.6. The van der Waals surface area contributed by atoms with Gasteiger partial charge in [0.25, 0.3) is 5.69 Å². The third-order valence-corrected chi connectivity index (χ3v) is 4.91. The highest BCUT2D eigenvalue weighted by atomic mass is 32.2. The molecule has 1 atom stereocenters. The molecule has 0 bridgehead atoms. The predicted octanol–water partition coefficient (Wildman–Crippen LogP) is 2.52. The summed E-state index contributed by atoms with van der Waals surface area (Å²) in [5.74, 6) is -0.706. The van der Waals surface area contributed by atoms with Crippen molar-refractivity contribution in [1.82, 2.24) is 0 Å². The molecule has 1 aliphatic rings. The van der Waals surface area contributed by atoms with E-state index < -0.39 is 15.6 Å². The van der Waals surface area contributed by atoms with E-state index in [1.54, 1.807) is 6.92 Å². The Bertz CT molecular complexity index is 611. The van der Waals surface area contributed by atoms with Gasteiger partial charge < -0.3 is 10.4 Å². The van der Waals surface area contributed by atoms with E-state index in [0.717, 1.165) is 30.4 Å². The third kappa shape index (κ3) is 3.15. The van der Waals surface area contributed by atoms with Gasteiger partial charge in [0.1, 0.15) is 0 Å². The lowest BCUT2D eigenvalue weighted by Crippen LogP contribution is -2.35. The number of carboxylic acids is 1. The van der Waals surface area contributed by atoms with Gasteiger partial charge in [0, 0.05) is 12.1 Å². The molecule has 1 aromatic rings. The molecule has 1 unspecified atom stereocenters. The fourth-order valence-electron chi connectivity index (χ4n) is 2.15. The smallest absolute Gasteiger partial charge is 0.337 e. The molecule has 0 aromatic heterocycles. The van der Waals surface area contributed by atoms with Crippen molar-refractivity contribution in [3.63, 3.8) is 0 Å². The number of hydrogen-bond donors (Lipinski definition) is 2. The van der Waals surface area contributed by atoms with Crippen LogP contribution in [-0.2, 0) is 4.79 Å². The number of nitro groups is 1. The fourth-order valence-corrected chi connectivity index (χ4v) is 3.36. The molecule has 1 saturated heterocycles. The van der Waals surface area contributed by atoms with E-state index >= 15 is 0 Å². The van der Waals surface area contributed by atoms with Crippen LogP contribution in [0.25, 0.3) is 0 Å². The second kappa shape index (κ2) is 5.72. The summed E-state index contributed by atoms with van der Waals surface area (Å²) in [6.45, 7) is 1.79. The van der Waals surface area contributed by atoms with Crippen molar-refractivity contribution in [1.29, 1.82) is 0 Å². The number of nitrogens with zero attached hydrogens (tertiary/aromatic N) is 1. The average molecular weight is 310 g/mol. The highest BCUT2D eigenvalue weighted by Gasteiger charge is 2.37. The van der Waals surface area contributed by atoms with E-state index in [9.17, 15) is 19.7 Å². The van der Waals surface area contributed by atoms with Gasteiger partial charge in [0.05, 0.1) is 20.9 Å². The molecule has 0 aliphatic carbocycles. The molecule has 1 aliphatic heterocycles. The lowest BCUT2D eigenvalue weighted by atomic mass is 10.0. The van der Waals surface area contributed by atoms with Gasteiger partial charge in [-0.1, -0.05) is 0 Å². The van der Waals surface area contributed by atoms with Crippen LogP contribution in [0, 0.1) is 10.1 Å². The normalized spacial score (nSPS) is 21.0. The van der Waals surface area contributed by atoms with Crippen LogP contribution in [0.15, 0.2) is 18.2 Å². The Hall–Kier alpha value is -2.09. The SMILES string of the molecule is CC1(C(=O)Nc2cc([N+](=O)[O-])ccc2C(=O)O)CCCS1. The van der Waals surface area contributed by atoms with E-state index in [0.29, 0.717) is 6.42 Å². The first-order chi connectivity index (χ1) is 9.83. The third-order valence-electron chi connectivity index (χ3n) is 3.39. The highest BCUT2D eigenvalue weighted by Crippen LogP contribution is 2.39. The summed E-state index contributed by atoms with van der Waals surface area (Å²) in [5, 5.41) is 22.4. The van der Waals surface area contributed by atoms with Crippen molar-refractivity contribution in [2.45, 2.75) is 24.5 Å². The molecular formula is C13H14N2O5S. The topological polar surface area (TPSA) is 110 Å². The lowest BCUT2D eigenvalue weighted by Gasteiger charge is -2.21. The Morgan fingerprint density at radius 2 is 2.19 bits per heavy atom. The minimum absolute atomic E-state index is 0.0459. The van der Waals surface area contributed by atoms with Crippen LogP contribution >= 0.6 is 11.8 Å². The second-order valence-electron chi connectivity index (χ2n) is 4.93. The van der Waals surface area contributed by atoms with Crippen molar-refractivity contribution in [3.05, 3.63) is 33.9 Å². The van der Waals surface area contributed by atoms with Gasteiger partial charge in [-0.2, -0.15) is 0 Å². The zero-order chi connectivity index (χ0) is 15.6. The minimum atomic E-state index is -1.25. The van der Waals surface area contributed by atoms with Crippen LogP contribution in [0.3, 0.4) is 0 Å². The molecular weight excluding hydrogens is 296 g/mol. The highest BCUT2D eigenvalue weighted by molar-refractivity contribution is 8.01. The zero-order valence-electron chi connectivity index (χ0n) is 11.3. The van der Waals surface area contributed by atoms with Crippen molar-refractivity contribution < 1.29 is 19.6 Å². The van der Waals surface area contributed by atoms with Crippen LogP contribution in [0.1, 0.15) is 30.1 Å². The van der Waals surface area contributed by atoms with Crippen LogP contribution < -0.4 is 5.32 Å². The summed E-state index contributed by atoms with van der Waals surface area (Å²) >= 11 is 1.50. The number of carbonyl (C=O) groups is 2. The van der Waals surface area contributed by atoms with Gasteiger partial charge in [-0.05, 0) is 31.6 Å². The molecule has 1 fully saturated rings. The van der Waals surface area contributed by atoms with Gasteiger partial charge in [-0.3, -0.25) is 14.9 Å². The molecule has 0 saturated carbocycles. The molecule has 8 heteroatoms. The molecule has 1 aromatic carbocycles. The van der Waals surface area contributed by atoms with Crippen molar-refractivity contribution in [2.75, 3.05) is 11.1 Å². The van der Waals surface area contributed by atoms with E-state index in [4.69, 9.17) is 5.11 Å². The van der Waals surface area contributed by atoms with Gasteiger partial charge in [-0.15, -0.1) is 11.8 Å². The number of anilines is 1. The summed E-state index contributed by atoms with van der Waals surface area (Å²) < 4.78 is -0.625. The number of carboxylic acid groups (broad SMARTS) is 1. The Kier molecular flexibility index (Phi) is 4.17. The van der Waals surface area contributed by atoms with E-state index in [1.165, 1.54) is 11.8 Å². The maximum atomic E-state index is 12.3. The molecule has 21 heavy (non-hydrogen) atoms. The quantitative estimate of drug-likeness (QED) is 0.653. The maximum absolute atomic E-state index is 12.3. The summed E-state index contributed by atoms with van der Waals surface area (Å²) in [6.07, 6.45) is 1.61. The number of nitro benzene ring substituents is 1. The average Bonchev–Trinajstić information content (AvgIpc) is 2.86. The van der Waals surface area contributed by atoms with Crippen LogP contribution in [0.2, 0.25) is 0 Å². The Morgan fingerprint density at radius 3 is 2.71 bits per heavy atom. The minimum Gasteiger partial charge on any atom is -0.478 e. The summed E-state index contributed by atoms with van der Waals surface area (Å²) in [5.41, 5.74) is -0.476. The number of benzene rings is 1. The zero-order valence-corrected chi connectivity index (χ0v) is 12.1. The number of rotatable bonds is 4. The number of carbonyl (C=O) groups excluding carboxylic acids is 1.